The fourth-order valence-electron chi connectivity index (χ4n) is 4.83. The molecule has 1 spiro atoms. The van der Waals surface area contributed by atoms with Crippen LogP contribution in [0.25, 0.3) is 0 Å². The van der Waals surface area contributed by atoms with E-state index in [9.17, 15) is 14.5 Å². The van der Waals surface area contributed by atoms with Crippen molar-refractivity contribution in [3.63, 3.8) is 0 Å². The van der Waals surface area contributed by atoms with Gasteiger partial charge in [0.15, 0.2) is 0 Å². The quantitative estimate of drug-likeness (QED) is 0.491. The summed E-state index contributed by atoms with van der Waals surface area (Å²) in [6.45, 7) is 4.07. The number of ether oxygens (including phenoxy) is 1. The number of benzene rings is 1. The van der Waals surface area contributed by atoms with Crippen LogP contribution in [0.5, 0.6) is 0 Å². The van der Waals surface area contributed by atoms with E-state index in [0.29, 0.717) is 29.9 Å². The Kier molecular flexibility index (Phi) is 7.40. The third-order valence-electron chi connectivity index (χ3n) is 6.79. The van der Waals surface area contributed by atoms with Gasteiger partial charge in [-0.2, -0.15) is 4.91 Å². The summed E-state index contributed by atoms with van der Waals surface area (Å²) < 4.78 is 5.04. The van der Waals surface area contributed by atoms with Gasteiger partial charge >= 0.3 is 5.97 Å². The Hall–Kier alpha value is -2.24. The van der Waals surface area contributed by atoms with Crippen molar-refractivity contribution in [3.05, 3.63) is 40.3 Å². The summed E-state index contributed by atoms with van der Waals surface area (Å²) in [4.78, 5) is 36.7. The van der Waals surface area contributed by atoms with Crippen LogP contribution in [-0.4, -0.2) is 36.5 Å². The Balaban J connectivity index is 1.45. The van der Waals surface area contributed by atoms with Crippen LogP contribution in [0.3, 0.4) is 0 Å². The summed E-state index contributed by atoms with van der Waals surface area (Å²) in [6, 6.07) is 7.19. The monoisotopic (exact) mass is 400 g/mol. The first-order valence-corrected chi connectivity index (χ1v) is 10.9. The summed E-state index contributed by atoms with van der Waals surface area (Å²) in [5.74, 6) is 0.632. The van der Waals surface area contributed by atoms with Crippen LogP contribution in [0.15, 0.2) is 29.4 Å². The lowest BCUT2D eigenvalue weighted by molar-refractivity contribution is -0.143. The highest BCUT2D eigenvalue weighted by Crippen LogP contribution is 2.47. The largest absolute Gasteiger partial charge is 0.466 e. The van der Waals surface area contributed by atoms with Crippen LogP contribution < -0.4 is 0 Å². The van der Waals surface area contributed by atoms with Crippen LogP contribution in [0.1, 0.15) is 74.2 Å². The van der Waals surface area contributed by atoms with E-state index in [4.69, 9.17) is 4.74 Å². The summed E-state index contributed by atoms with van der Waals surface area (Å²) in [6.07, 6.45) is 8.38. The number of rotatable bonds is 7. The third-order valence-corrected chi connectivity index (χ3v) is 6.79. The minimum absolute atomic E-state index is 0.0740. The number of nitroso groups, excluding NO2 is 1. The molecule has 1 aromatic rings. The molecule has 158 valence electrons. The molecule has 1 saturated heterocycles. The van der Waals surface area contributed by atoms with Gasteiger partial charge in [-0.3, -0.25) is 9.59 Å². The maximum Gasteiger partial charge on any atom is 0.305 e. The lowest BCUT2D eigenvalue weighted by Crippen LogP contribution is -2.44. The lowest BCUT2D eigenvalue weighted by atomic mass is 9.65. The molecule has 29 heavy (non-hydrogen) atoms. The minimum atomic E-state index is -0.0740. The first-order chi connectivity index (χ1) is 14.0. The Bertz CT molecular complexity index is 698. The van der Waals surface area contributed by atoms with Gasteiger partial charge < -0.3 is 9.64 Å². The zero-order valence-electron chi connectivity index (χ0n) is 17.4. The van der Waals surface area contributed by atoms with Gasteiger partial charge in [-0.25, -0.2) is 0 Å². The standard InChI is InChI=1S/C23H32N2O4/c1-2-29-21(26)8-5-18-9-11-23(12-10-18)13-15-25(16-14-23)22(27)20-6-3-19(4-7-20)17-24-28/h3-4,6-7,18H,2,5,8-17H2,1H3. The molecule has 1 aliphatic carbocycles. The van der Waals surface area contributed by atoms with Gasteiger partial charge in [0.2, 0.25) is 0 Å². The maximum atomic E-state index is 12.8. The van der Waals surface area contributed by atoms with Crippen LogP contribution in [0, 0.1) is 16.2 Å². The van der Waals surface area contributed by atoms with Crippen LogP contribution in [-0.2, 0) is 16.1 Å². The number of piperidine rings is 1. The minimum Gasteiger partial charge on any atom is -0.466 e. The molecule has 1 amide bonds. The van der Waals surface area contributed by atoms with E-state index in [1.165, 1.54) is 25.7 Å². The number of hydrogen-bond acceptors (Lipinski definition) is 5. The number of carbonyl (C=O) groups excluding carboxylic acids is 2. The fraction of sp³-hybridized carbons (Fsp3) is 0.652. The molecule has 1 aromatic carbocycles. The van der Waals surface area contributed by atoms with E-state index < -0.39 is 0 Å². The number of likely N-dealkylation sites (tertiary alicyclic amines) is 1. The highest BCUT2D eigenvalue weighted by atomic mass is 16.5. The smallest absolute Gasteiger partial charge is 0.305 e. The molecular weight excluding hydrogens is 368 g/mol. The Morgan fingerprint density at radius 3 is 2.34 bits per heavy atom. The highest BCUT2D eigenvalue weighted by molar-refractivity contribution is 5.94. The second kappa shape index (κ2) is 9.99. The molecular formula is C23H32N2O4. The van der Waals surface area contributed by atoms with E-state index in [1.54, 1.807) is 24.3 Å². The molecule has 0 N–H and O–H groups in total. The third kappa shape index (κ3) is 5.64. The maximum absolute atomic E-state index is 12.8. The molecule has 1 heterocycles. The van der Waals surface area contributed by atoms with Gasteiger partial charge in [-0.05, 0) is 80.9 Å². The molecule has 0 aromatic heterocycles. The molecule has 2 aliphatic rings. The number of carbonyl (C=O) groups is 2. The summed E-state index contributed by atoms with van der Waals surface area (Å²) in [5.41, 5.74) is 1.88. The molecule has 1 saturated carbocycles. The summed E-state index contributed by atoms with van der Waals surface area (Å²) in [7, 11) is 0. The van der Waals surface area contributed by atoms with E-state index in [-0.39, 0.29) is 18.4 Å². The van der Waals surface area contributed by atoms with E-state index in [2.05, 4.69) is 5.18 Å². The second-order valence-electron chi connectivity index (χ2n) is 8.56. The van der Waals surface area contributed by atoms with Crippen molar-refractivity contribution >= 4 is 11.9 Å². The average Bonchev–Trinajstić information content (AvgIpc) is 2.75. The molecule has 1 aliphatic heterocycles. The predicted octanol–water partition coefficient (Wildman–Crippen LogP) is 4.71. The lowest BCUT2D eigenvalue weighted by Gasteiger charge is -2.46. The van der Waals surface area contributed by atoms with Crippen LogP contribution in [0.2, 0.25) is 0 Å². The Labute approximate surface area is 173 Å². The Morgan fingerprint density at radius 2 is 1.76 bits per heavy atom. The van der Waals surface area contributed by atoms with Crippen molar-refractivity contribution in [2.75, 3.05) is 19.7 Å². The summed E-state index contributed by atoms with van der Waals surface area (Å²) >= 11 is 0. The first kappa shape index (κ1) is 21.5. The number of esters is 1. The first-order valence-electron chi connectivity index (χ1n) is 10.9. The van der Waals surface area contributed by atoms with Gasteiger partial charge in [-0.15, -0.1) is 0 Å². The van der Waals surface area contributed by atoms with Crippen molar-refractivity contribution in [2.24, 2.45) is 16.5 Å². The molecule has 0 unspecified atom stereocenters. The van der Waals surface area contributed by atoms with Gasteiger partial charge in [0.05, 0.1) is 6.61 Å². The van der Waals surface area contributed by atoms with Crippen molar-refractivity contribution in [2.45, 2.75) is 64.8 Å². The SMILES string of the molecule is CCOC(=O)CCC1CCC2(CC1)CCN(C(=O)c1ccc(CN=O)cc1)CC2. The number of amides is 1. The zero-order chi connectivity index (χ0) is 20.7. The molecule has 6 heteroatoms. The normalized spacial score (nSPS) is 19.1. The average molecular weight is 401 g/mol. The molecule has 0 bridgehead atoms. The van der Waals surface area contributed by atoms with Crippen LogP contribution in [0.4, 0.5) is 0 Å². The van der Waals surface area contributed by atoms with E-state index >= 15 is 0 Å². The van der Waals surface area contributed by atoms with Gasteiger partial charge in [0.1, 0.15) is 6.54 Å². The summed E-state index contributed by atoms with van der Waals surface area (Å²) in [5, 5.41) is 2.88. The molecule has 2 fully saturated rings. The predicted molar refractivity (Wildman–Crippen MR) is 111 cm³/mol. The number of hydrogen-bond donors (Lipinski definition) is 0. The van der Waals surface area contributed by atoms with Gasteiger partial charge in [0.25, 0.3) is 5.91 Å². The zero-order valence-corrected chi connectivity index (χ0v) is 17.4. The second-order valence-corrected chi connectivity index (χ2v) is 8.56. The van der Waals surface area contributed by atoms with Gasteiger partial charge in [0, 0.05) is 25.1 Å². The van der Waals surface area contributed by atoms with Crippen molar-refractivity contribution in [3.8, 4) is 0 Å². The van der Waals surface area contributed by atoms with Crippen molar-refractivity contribution < 1.29 is 14.3 Å². The molecule has 0 atom stereocenters. The molecule has 6 nitrogen and oxygen atoms in total. The van der Waals surface area contributed by atoms with Crippen molar-refractivity contribution in [1.82, 2.24) is 4.90 Å². The van der Waals surface area contributed by atoms with Crippen LogP contribution >= 0.6 is 0 Å². The highest BCUT2D eigenvalue weighted by Gasteiger charge is 2.39. The van der Waals surface area contributed by atoms with Crippen molar-refractivity contribution in [1.29, 1.82) is 0 Å². The molecule has 3 rings (SSSR count). The van der Waals surface area contributed by atoms with Gasteiger partial charge in [-0.1, -0.05) is 17.3 Å². The Morgan fingerprint density at radius 1 is 1.10 bits per heavy atom. The van der Waals surface area contributed by atoms with E-state index in [0.717, 1.165) is 37.9 Å². The topological polar surface area (TPSA) is 76.0 Å². The molecule has 0 radical (unpaired) electrons. The van der Waals surface area contributed by atoms with E-state index in [1.807, 2.05) is 11.8 Å². The fourth-order valence-corrected chi connectivity index (χ4v) is 4.83. The number of nitrogens with zero attached hydrogens (tertiary/aromatic N) is 2.